The van der Waals surface area contributed by atoms with Crippen LogP contribution in [0.2, 0.25) is 0 Å². The zero-order valence-corrected chi connectivity index (χ0v) is 20.9. The molecule has 0 radical (unpaired) electrons. The van der Waals surface area contributed by atoms with Crippen molar-refractivity contribution in [2.24, 2.45) is 5.92 Å². The summed E-state index contributed by atoms with van der Waals surface area (Å²) in [6.07, 6.45) is 3.61. The number of nitrogens with one attached hydrogen (secondary N) is 1. The summed E-state index contributed by atoms with van der Waals surface area (Å²) in [5.74, 6) is 0.524. The highest BCUT2D eigenvalue weighted by molar-refractivity contribution is 5.94. The molecule has 2 aromatic rings. The van der Waals surface area contributed by atoms with E-state index in [9.17, 15) is 9.59 Å². The standard InChI is InChI=1S/C26H38N4O3/c1-18-11-12-21(19(2)15-18)30-23(16-22(28-30)26(3,4)5)27-24(31)17-29(13-8-14-33-6)25(32)20-9-7-10-20/h11-12,15-16,20H,7-10,13-14,17H2,1-6H3,(H,27,31). The second kappa shape index (κ2) is 10.5. The Morgan fingerprint density at radius 1 is 1.21 bits per heavy atom. The lowest BCUT2D eigenvalue weighted by Gasteiger charge is -2.31. The second-order valence-electron chi connectivity index (χ2n) is 10.1. The molecule has 7 nitrogen and oxygen atoms in total. The highest BCUT2D eigenvalue weighted by Crippen LogP contribution is 2.29. The van der Waals surface area contributed by atoms with E-state index >= 15 is 0 Å². The SMILES string of the molecule is COCCCN(CC(=O)Nc1cc(C(C)(C)C)nn1-c1ccc(C)cc1C)C(=O)C1CCC1. The number of aromatic nitrogens is 2. The Hall–Kier alpha value is -2.67. The summed E-state index contributed by atoms with van der Waals surface area (Å²) in [6.45, 7) is 11.5. The number of benzene rings is 1. The van der Waals surface area contributed by atoms with E-state index in [1.54, 1.807) is 16.7 Å². The highest BCUT2D eigenvalue weighted by Gasteiger charge is 2.30. The number of methoxy groups -OCH3 is 1. The Morgan fingerprint density at radius 2 is 1.94 bits per heavy atom. The molecular weight excluding hydrogens is 416 g/mol. The van der Waals surface area contributed by atoms with E-state index in [1.165, 1.54) is 5.56 Å². The minimum absolute atomic E-state index is 0.0297. The number of carbonyl (C=O) groups is 2. The first-order chi connectivity index (χ1) is 15.6. The van der Waals surface area contributed by atoms with Crippen LogP contribution in [0, 0.1) is 19.8 Å². The molecule has 2 amide bonds. The number of rotatable bonds is 9. The van der Waals surface area contributed by atoms with Gasteiger partial charge in [0.15, 0.2) is 0 Å². The maximum absolute atomic E-state index is 13.1. The number of hydrogen-bond donors (Lipinski definition) is 1. The van der Waals surface area contributed by atoms with Crippen LogP contribution in [-0.2, 0) is 19.7 Å². The molecule has 0 saturated heterocycles. The van der Waals surface area contributed by atoms with Crippen LogP contribution in [0.15, 0.2) is 24.3 Å². The largest absolute Gasteiger partial charge is 0.385 e. The van der Waals surface area contributed by atoms with Crippen LogP contribution in [0.1, 0.15) is 63.3 Å². The predicted octanol–water partition coefficient (Wildman–Crippen LogP) is 4.39. The number of anilines is 1. The molecule has 1 saturated carbocycles. The number of ether oxygens (including phenoxy) is 1. The van der Waals surface area contributed by atoms with Gasteiger partial charge >= 0.3 is 0 Å². The molecule has 1 aliphatic rings. The molecule has 1 aliphatic carbocycles. The van der Waals surface area contributed by atoms with E-state index in [4.69, 9.17) is 9.84 Å². The Labute approximate surface area is 197 Å². The second-order valence-corrected chi connectivity index (χ2v) is 10.1. The number of nitrogens with zero attached hydrogens (tertiary/aromatic N) is 3. The molecule has 0 atom stereocenters. The summed E-state index contributed by atoms with van der Waals surface area (Å²) in [4.78, 5) is 27.7. The molecule has 180 valence electrons. The van der Waals surface area contributed by atoms with Gasteiger partial charge in [0.25, 0.3) is 0 Å². The summed E-state index contributed by atoms with van der Waals surface area (Å²) >= 11 is 0. The van der Waals surface area contributed by atoms with Crippen molar-refractivity contribution < 1.29 is 14.3 Å². The van der Waals surface area contributed by atoms with Gasteiger partial charge in [0.05, 0.1) is 17.9 Å². The van der Waals surface area contributed by atoms with E-state index in [0.29, 0.717) is 25.4 Å². The topological polar surface area (TPSA) is 76.5 Å². The van der Waals surface area contributed by atoms with Crippen molar-refractivity contribution >= 4 is 17.6 Å². The summed E-state index contributed by atoms with van der Waals surface area (Å²) in [6, 6.07) is 8.10. The van der Waals surface area contributed by atoms with Crippen LogP contribution in [-0.4, -0.2) is 53.3 Å². The third-order valence-electron chi connectivity index (χ3n) is 6.20. The van der Waals surface area contributed by atoms with E-state index in [1.807, 2.05) is 25.1 Å². The van der Waals surface area contributed by atoms with Gasteiger partial charge in [-0.05, 0) is 44.7 Å². The average Bonchev–Trinajstić information content (AvgIpc) is 3.09. The van der Waals surface area contributed by atoms with E-state index < -0.39 is 0 Å². The van der Waals surface area contributed by atoms with Crippen molar-refractivity contribution in [1.82, 2.24) is 14.7 Å². The maximum Gasteiger partial charge on any atom is 0.245 e. The Bertz CT molecular complexity index is 986. The van der Waals surface area contributed by atoms with Crippen LogP contribution in [0.3, 0.4) is 0 Å². The molecule has 7 heteroatoms. The third kappa shape index (κ3) is 6.22. The quantitative estimate of drug-likeness (QED) is 0.570. The molecule has 1 heterocycles. The van der Waals surface area contributed by atoms with Gasteiger partial charge in [0.2, 0.25) is 11.8 Å². The number of amides is 2. The van der Waals surface area contributed by atoms with Crippen LogP contribution in [0.25, 0.3) is 5.69 Å². The fourth-order valence-corrected chi connectivity index (χ4v) is 4.00. The van der Waals surface area contributed by atoms with Crippen molar-refractivity contribution in [3.63, 3.8) is 0 Å². The Balaban J connectivity index is 1.83. The first kappa shape index (κ1) is 25.0. The van der Waals surface area contributed by atoms with Crippen molar-refractivity contribution in [2.45, 2.75) is 65.7 Å². The van der Waals surface area contributed by atoms with Crippen molar-refractivity contribution in [1.29, 1.82) is 0 Å². The minimum Gasteiger partial charge on any atom is -0.385 e. The summed E-state index contributed by atoms with van der Waals surface area (Å²) < 4.78 is 6.94. The van der Waals surface area contributed by atoms with Gasteiger partial charge < -0.3 is 15.0 Å². The van der Waals surface area contributed by atoms with Crippen molar-refractivity contribution in [3.05, 3.63) is 41.1 Å². The number of aryl methyl sites for hydroxylation is 2. The van der Waals surface area contributed by atoms with Gasteiger partial charge in [-0.25, -0.2) is 4.68 Å². The lowest BCUT2D eigenvalue weighted by Crippen LogP contribution is -2.44. The van der Waals surface area contributed by atoms with Crippen molar-refractivity contribution in [3.8, 4) is 5.69 Å². The molecule has 0 unspecified atom stereocenters. The third-order valence-corrected chi connectivity index (χ3v) is 6.20. The van der Waals surface area contributed by atoms with Gasteiger partial charge in [0.1, 0.15) is 5.82 Å². The van der Waals surface area contributed by atoms with Gasteiger partial charge in [0, 0.05) is 37.7 Å². The van der Waals surface area contributed by atoms with Crippen LogP contribution in [0.5, 0.6) is 0 Å². The number of carbonyl (C=O) groups excluding carboxylic acids is 2. The molecule has 1 N–H and O–H groups in total. The highest BCUT2D eigenvalue weighted by atomic mass is 16.5. The van der Waals surface area contributed by atoms with Crippen LogP contribution < -0.4 is 5.32 Å². The van der Waals surface area contributed by atoms with Crippen LogP contribution >= 0.6 is 0 Å². The average molecular weight is 455 g/mol. The summed E-state index contributed by atoms with van der Waals surface area (Å²) in [5, 5.41) is 7.86. The summed E-state index contributed by atoms with van der Waals surface area (Å²) in [7, 11) is 1.64. The van der Waals surface area contributed by atoms with Gasteiger partial charge in [-0.2, -0.15) is 5.10 Å². The molecular formula is C26H38N4O3. The molecule has 33 heavy (non-hydrogen) atoms. The smallest absolute Gasteiger partial charge is 0.245 e. The number of hydrogen-bond acceptors (Lipinski definition) is 4. The lowest BCUT2D eigenvalue weighted by atomic mass is 9.84. The first-order valence-electron chi connectivity index (χ1n) is 11.9. The van der Waals surface area contributed by atoms with Gasteiger partial charge in [-0.1, -0.05) is 44.9 Å². The van der Waals surface area contributed by atoms with Gasteiger partial charge in [-0.3, -0.25) is 9.59 Å². The minimum atomic E-state index is -0.216. The normalized spacial score (nSPS) is 14.1. The van der Waals surface area contributed by atoms with Gasteiger partial charge in [-0.15, -0.1) is 0 Å². The monoisotopic (exact) mass is 454 g/mol. The first-order valence-corrected chi connectivity index (χ1v) is 11.9. The predicted molar refractivity (Wildman–Crippen MR) is 131 cm³/mol. The fraction of sp³-hybridized carbons (Fsp3) is 0.577. The molecule has 1 aromatic heterocycles. The molecule has 0 bridgehead atoms. The van der Waals surface area contributed by atoms with E-state index in [2.05, 4.69) is 39.1 Å². The molecule has 3 rings (SSSR count). The molecule has 0 spiro atoms. The molecule has 1 aromatic carbocycles. The summed E-state index contributed by atoms with van der Waals surface area (Å²) in [5.41, 5.74) is 3.89. The fourth-order valence-electron chi connectivity index (χ4n) is 4.00. The Morgan fingerprint density at radius 3 is 2.52 bits per heavy atom. The van der Waals surface area contributed by atoms with E-state index in [0.717, 1.165) is 36.2 Å². The zero-order valence-electron chi connectivity index (χ0n) is 20.9. The van der Waals surface area contributed by atoms with Crippen molar-refractivity contribution in [2.75, 3.05) is 32.1 Å². The van der Waals surface area contributed by atoms with E-state index in [-0.39, 0.29) is 29.7 Å². The maximum atomic E-state index is 13.1. The zero-order chi connectivity index (χ0) is 24.2. The molecule has 0 aliphatic heterocycles. The Kier molecular flexibility index (Phi) is 7.95. The lowest BCUT2D eigenvalue weighted by molar-refractivity contribution is -0.140. The molecule has 1 fully saturated rings. The van der Waals surface area contributed by atoms with Crippen LogP contribution in [0.4, 0.5) is 5.82 Å².